The summed E-state index contributed by atoms with van der Waals surface area (Å²) in [5.41, 5.74) is -0.0506. The Morgan fingerprint density at radius 1 is 1.32 bits per heavy atom. The quantitative estimate of drug-likeness (QED) is 0.778. The molecule has 22 heavy (non-hydrogen) atoms. The third-order valence-corrected chi connectivity index (χ3v) is 3.04. The highest BCUT2D eigenvalue weighted by molar-refractivity contribution is 6.15. The Morgan fingerprint density at radius 2 is 2.00 bits per heavy atom. The number of ether oxygens (including phenoxy) is 1. The van der Waals surface area contributed by atoms with Crippen molar-refractivity contribution < 1.29 is 19.1 Å². The lowest BCUT2D eigenvalue weighted by atomic mass is 10.2. The van der Waals surface area contributed by atoms with E-state index in [0.717, 1.165) is 0 Å². The molecule has 7 heteroatoms. The zero-order chi connectivity index (χ0) is 16.5. The van der Waals surface area contributed by atoms with Crippen molar-refractivity contribution in [1.29, 1.82) is 0 Å². The van der Waals surface area contributed by atoms with Crippen molar-refractivity contribution in [2.75, 3.05) is 23.4 Å². The van der Waals surface area contributed by atoms with Gasteiger partial charge in [-0.05, 0) is 32.9 Å². The van der Waals surface area contributed by atoms with Crippen LogP contribution in [-0.2, 0) is 14.3 Å². The molecule has 1 aromatic heterocycles. The summed E-state index contributed by atoms with van der Waals surface area (Å²) < 4.78 is 5.25. The van der Waals surface area contributed by atoms with Crippen LogP contribution in [-0.4, -0.2) is 42.0 Å². The second-order valence-electron chi connectivity index (χ2n) is 6.11. The number of pyridine rings is 1. The van der Waals surface area contributed by atoms with Gasteiger partial charge in [-0.2, -0.15) is 0 Å². The Hall–Kier alpha value is -2.44. The molecule has 7 nitrogen and oxygen atoms in total. The number of nitrogens with zero attached hydrogens (tertiary/aromatic N) is 3. The van der Waals surface area contributed by atoms with Crippen molar-refractivity contribution >= 4 is 29.3 Å². The molecule has 0 aromatic carbocycles. The van der Waals surface area contributed by atoms with Crippen LogP contribution in [0.15, 0.2) is 18.3 Å². The summed E-state index contributed by atoms with van der Waals surface area (Å²) >= 11 is 0. The molecule has 0 radical (unpaired) electrons. The van der Waals surface area contributed by atoms with E-state index in [1.807, 2.05) is 0 Å². The maximum Gasteiger partial charge on any atom is 0.415 e. The van der Waals surface area contributed by atoms with Gasteiger partial charge in [-0.3, -0.25) is 14.5 Å². The fourth-order valence-corrected chi connectivity index (χ4v) is 1.98. The normalized spacial score (nSPS) is 15.2. The average Bonchev–Trinajstić information content (AvgIpc) is 2.75. The summed E-state index contributed by atoms with van der Waals surface area (Å²) in [5.74, 6) is 0.0518. The monoisotopic (exact) mass is 305 g/mol. The molecule has 0 spiro atoms. The second-order valence-corrected chi connectivity index (χ2v) is 6.11. The summed E-state index contributed by atoms with van der Waals surface area (Å²) in [5, 5.41) is 0. The number of carbonyl (C=O) groups excluding carboxylic acids is 3. The van der Waals surface area contributed by atoms with Crippen LogP contribution in [0, 0.1) is 0 Å². The zero-order valence-corrected chi connectivity index (χ0v) is 13.1. The molecule has 1 saturated heterocycles. The predicted octanol–water partition coefficient (Wildman–Crippen LogP) is 1.76. The molecule has 0 unspecified atom stereocenters. The molecule has 0 saturated carbocycles. The topological polar surface area (TPSA) is 79.8 Å². The molecule has 2 heterocycles. The first-order valence-corrected chi connectivity index (χ1v) is 6.92. The maximum atomic E-state index is 11.9. The summed E-state index contributed by atoms with van der Waals surface area (Å²) in [7, 11) is 1.56. The number of amides is 2. The number of Topliss-reactive ketones (excluding diaryl/α,β-unsaturated/α-hetero) is 1. The Labute approximate surface area is 128 Å². The number of carbonyl (C=O) groups is 3. The van der Waals surface area contributed by atoms with Crippen molar-refractivity contribution in [3.63, 3.8) is 0 Å². The van der Waals surface area contributed by atoms with Crippen molar-refractivity contribution in [2.45, 2.75) is 32.8 Å². The molecule has 1 aliphatic heterocycles. The molecule has 0 bridgehead atoms. The number of anilines is 2. The molecule has 1 fully saturated rings. The van der Waals surface area contributed by atoms with Crippen LogP contribution in [0.3, 0.4) is 0 Å². The average molecular weight is 305 g/mol. The minimum absolute atomic E-state index is 0.0699. The summed E-state index contributed by atoms with van der Waals surface area (Å²) in [6.07, 6.45) is 0.881. The standard InChI is InChI=1S/C15H19N3O4/c1-15(2,3)22-14(21)17(4)12-6-5-10(8-16-12)18-9-11(19)7-13(18)20/h5-6,8H,7,9H2,1-4H3. The molecule has 2 rings (SSSR count). The fourth-order valence-electron chi connectivity index (χ4n) is 1.98. The van der Waals surface area contributed by atoms with Crippen LogP contribution in [0.1, 0.15) is 27.2 Å². The first-order valence-electron chi connectivity index (χ1n) is 6.92. The van der Waals surface area contributed by atoms with Crippen LogP contribution in [0.4, 0.5) is 16.3 Å². The lowest BCUT2D eigenvalue weighted by Gasteiger charge is -2.24. The maximum absolute atomic E-state index is 11.9. The first kappa shape index (κ1) is 15.9. The molecule has 118 valence electrons. The Balaban J connectivity index is 2.10. The van der Waals surface area contributed by atoms with Gasteiger partial charge >= 0.3 is 6.09 Å². The number of hydrogen-bond acceptors (Lipinski definition) is 5. The summed E-state index contributed by atoms with van der Waals surface area (Å²) in [4.78, 5) is 41.7. The zero-order valence-electron chi connectivity index (χ0n) is 13.1. The van der Waals surface area contributed by atoms with Gasteiger partial charge in [0.05, 0.1) is 24.8 Å². The van der Waals surface area contributed by atoms with E-state index in [1.165, 1.54) is 16.0 Å². The van der Waals surface area contributed by atoms with E-state index in [2.05, 4.69) is 4.98 Å². The molecule has 0 atom stereocenters. The van der Waals surface area contributed by atoms with Crippen LogP contribution in [0.5, 0.6) is 0 Å². The Kier molecular flexibility index (Phi) is 4.16. The number of rotatable bonds is 2. The van der Waals surface area contributed by atoms with E-state index in [9.17, 15) is 14.4 Å². The Bertz CT molecular complexity index is 604. The SMILES string of the molecule is CN(C(=O)OC(C)(C)C)c1ccc(N2CC(=O)CC2=O)cn1. The molecule has 1 aromatic rings. The predicted molar refractivity (Wildman–Crippen MR) is 80.9 cm³/mol. The second kappa shape index (κ2) is 5.75. The smallest absolute Gasteiger partial charge is 0.415 e. The third-order valence-electron chi connectivity index (χ3n) is 3.04. The molecule has 1 aliphatic rings. The highest BCUT2D eigenvalue weighted by atomic mass is 16.6. The van der Waals surface area contributed by atoms with E-state index in [-0.39, 0.29) is 24.7 Å². The van der Waals surface area contributed by atoms with Crippen molar-refractivity contribution in [1.82, 2.24) is 4.98 Å². The summed E-state index contributed by atoms with van der Waals surface area (Å²) in [6, 6.07) is 3.26. The van der Waals surface area contributed by atoms with E-state index in [1.54, 1.807) is 40.0 Å². The van der Waals surface area contributed by atoms with E-state index >= 15 is 0 Å². The highest BCUT2D eigenvalue weighted by Gasteiger charge is 2.29. The van der Waals surface area contributed by atoms with Gasteiger partial charge in [0.25, 0.3) is 0 Å². The van der Waals surface area contributed by atoms with Crippen LogP contribution >= 0.6 is 0 Å². The van der Waals surface area contributed by atoms with Gasteiger partial charge < -0.3 is 9.64 Å². The number of aromatic nitrogens is 1. The van der Waals surface area contributed by atoms with E-state index < -0.39 is 11.7 Å². The van der Waals surface area contributed by atoms with Gasteiger partial charge in [-0.25, -0.2) is 9.78 Å². The third kappa shape index (κ3) is 3.60. The largest absolute Gasteiger partial charge is 0.443 e. The van der Waals surface area contributed by atoms with Gasteiger partial charge in [0.15, 0.2) is 5.78 Å². The Morgan fingerprint density at radius 3 is 2.45 bits per heavy atom. The number of hydrogen-bond donors (Lipinski definition) is 0. The van der Waals surface area contributed by atoms with Gasteiger partial charge in [0.1, 0.15) is 11.4 Å². The lowest BCUT2D eigenvalue weighted by Crippen LogP contribution is -2.34. The first-order chi connectivity index (χ1) is 10.2. The molecular weight excluding hydrogens is 286 g/mol. The van der Waals surface area contributed by atoms with Gasteiger partial charge in [-0.15, -0.1) is 0 Å². The molecular formula is C15H19N3O4. The van der Waals surface area contributed by atoms with Gasteiger partial charge in [-0.1, -0.05) is 0 Å². The summed E-state index contributed by atoms with van der Waals surface area (Å²) in [6.45, 7) is 5.42. The minimum atomic E-state index is -0.590. The number of ketones is 1. The molecule has 0 aliphatic carbocycles. The fraction of sp³-hybridized carbons (Fsp3) is 0.467. The van der Waals surface area contributed by atoms with Crippen LogP contribution in [0.2, 0.25) is 0 Å². The van der Waals surface area contributed by atoms with Crippen LogP contribution in [0.25, 0.3) is 0 Å². The van der Waals surface area contributed by atoms with Gasteiger partial charge in [0.2, 0.25) is 5.91 Å². The van der Waals surface area contributed by atoms with Crippen molar-refractivity contribution in [3.8, 4) is 0 Å². The van der Waals surface area contributed by atoms with E-state index in [4.69, 9.17) is 4.74 Å². The van der Waals surface area contributed by atoms with Crippen molar-refractivity contribution in [2.24, 2.45) is 0 Å². The molecule has 2 amide bonds. The highest BCUT2D eigenvalue weighted by Crippen LogP contribution is 2.22. The van der Waals surface area contributed by atoms with Gasteiger partial charge in [0, 0.05) is 7.05 Å². The van der Waals surface area contributed by atoms with Crippen molar-refractivity contribution in [3.05, 3.63) is 18.3 Å². The van der Waals surface area contributed by atoms with E-state index in [0.29, 0.717) is 11.5 Å². The van der Waals surface area contributed by atoms with Crippen LogP contribution < -0.4 is 9.80 Å². The minimum Gasteiger partial charge on any atom is -0.443 e. The molecule has 0 N–H and O–H groups in total. The lowest BCUT2D eigenvalue weighted by molar-refractivity contribution is -0.121.